The van der Waals surface area contributed by atoms with Crippen LogP contribution < -0.4 is 20.2 Å². The van der Waals surface area contributed by atoms with Gasteiger partial charge in [-0.1, -0.05) is 59.6 Å². The Bertz CT molecular complexity index is 2270. The normalized spacial score (nSPS) is 13.3. The Hall–Kier alpha value is -4.52. The number of rotatable bonds is 0. The van der Waals surface area contributed by atoms with E-state index in [1.54, 1.807) is 0 Å². The van der Waals surface area contributed by atoms with Gasteiger partial charge in [0, 0.05) is 58.8 Å². The molecular formula is C32H18Cl2N4O2. The average Bonchev–Trinajstić information content (AvgIpc) is 3.42. The molecule has 0 unspecified atom stereocenters. The van der Waals surface area contributed by atoms with Gasteiger partial charge >= 0.3 is 0 Å². The standard InChI is InChI=1S/C32H18Cl2N4O2/c1-37-21-9-5-3-7-15(21)17-11-19-25(13-23(17)37)39-31-27(33)30-32(28(34)29(31)35-19)40-26-14-24-18(12-20(26)36-30)16-8-4-6-10-22(16)38(24)2/h3-14H,1-2H3. The zero-order valence-corrected chi connectivity index (χ0v) is 22.8. The molecule has 0 atom stereocenters. The van der Waals surface area contributed by atoms with Gasteiger partial charge in [-0.15, -0.1) is 0 Å². The van der Waals surface area contributed by atoms with Crippen LogP contribution in [0.4, 0.5) is 11.4 Å². The van der Waals surface area contributed by atoms with Crippen molar-refractivity contribution in [2.75, 3.05) is 0 Å². The molecule has 6 nitrogen and oxygen atoms in total. The SMILES string of the molecule is Cn1c2ccccc2c2cc3c(cc21)Oc1c(Cl)c2c(c(Cl)c1=N3)Oc1cc3c(cc1N=2)c1ccccc1n3C. The van der Waals surface area contributed by atoms with Crippen LogP contribution >= 0.6 is 23.2 Å². The molecule has 8 heteroatoms. The molecule has 0 bridgehead atoms. The van der Waals surface area contributed by atoms with E-state index in [9.17, 15) is 0 Å². The maximum absolute atomic E-state index is 6.95. The fraction of sp³-hybridized carbons (Fsp3) is 0.0625. The van der Waals surface area contributed by atoms with E-state index in [1.807, 2.05) is 62.6 Å². The van der Waals surface area contributed by atoms with Crippen molar-refractivity contribution in [3.8, 4) is 23.0 Å². The summed E-state index contributed by atoms with van der Waals surface area (Å²) < 4.78 is 17.1. The maximum Gasteiger partial charge on any atom is 0.175 e. The van der Waals surface area contributed by atoms with Gasteiger partial charge in [0.1, 0.15) is 32.1 Å². The van der Waals surface area contributed by atoms with Crippen LogP contribution in [0.2, 0.25) is 10.0 Å². The van der Waals surface area contributed by atoms with Crippen molar-refractivity contribution in [3.63, 3.8) is 0 Å². The first-order valence-corrected chi connectivity index (χ1v) is 13.6. The maximum atomic E-state index is 6.95. The molecule has 0 saturated carbocycles. The molecule has 192 valence electrons. The summed E-state index contributed by atoms with van der Waals surface area (Å²) in [6.07, 6.45) is 0. The summed E-state index contributed by atoms with van der Waals surface area (Å²) in [6, 6.07) is 24.7. The number of fused-ring (bicyclic) bond motifs is 10. The quantitative estimate of drug-likeness (QED) is 0.187. The van der Waals surface area contributed by atoms with Crippen LogP contribution in [-0.2, 0) is 14.1 Å². The van der Waals surface area contributed by atoms with E-state index in [4.69, 9.17) is 42.7 Å². The van der Waals surface area contributed by atoms with Gasteiger partial charge in [-0.25, -0.2) is 9.98 Å². The first kappa shape index (κ1) is 22.3. The van der Waals surface area contributed by atoms with Crippen LogP contribution in [0.1, 0.15) is 0 Å². The largest absolute Gasteiger partial charge is 0.451 e. The highest BCUT2D eigenvalue weighted by molar-refractivity contribution is 6.35. The molecular weight excluding hydrogens is 543 g/mol. The minimum absolute atomic E-state index is 0.310. The molecule has 2 aromatic heterocycles. The lowest BCUT2D eigenvalue weighted by atomic mass is 10.1. The summed E-state index contributed by atoms with van der Waals surface area (Å²) in [4.78, 5) is 9.83. The number of aromatic nitrogens is 2. The van der Waals surface area contributed by atoms with Gasteiger partial charge in [0.2, 0.25) is 0 Å². The van der Waals surface area contributed by atoms with E-state index in [-0.39, 0.29) is 0 Å². The summed E-state index contributed by atoms with van der Waals surface area (Å²) in [5.41, 5.74) is 5.71. The van der Waals surface area contributed by atoms with Crippen molar-refractivity contribution >= 4 is 78.2 Å². The summed E-state index contributed by atoms with van der Waals surface area (Å²) in [6.45, 7) is 0. The van der Waals surface area contributed by atoms with Gasteiger partial charge in [-0.3, -0.25) is 0 Å². The molecule has 4 heterocycles. The van der Waals surface area contributed by atoms with Crippen LogP contribution in [0.3, 0.4) is 0 Å². The Morgan fingerprint density at radius 2 is 0.975 bits per heavy atom. The summed E-state index contributed by atoms with van der Waals surface area (Å²) >= 11 is 13.9. The molecule has 2 aliphatic heterocycles. The fourth-order valence-corrected chi connectivity index (χ4v) is 6.67. The van der Waals surface area contributed by atoms with Gasteiger partial charge in [-0.2, -0.15) is 0 Å². The monoisotopic (exact) mass is 560 g/mol. The summed E-state index contributed by atoms with van der Waals surface area (Å²) in [7, 11) is 4.09. The predicted molar refractivity (Wildman–Crippen MR) is 159 cm³/mol. The molecule has 0 N–H and O–H groups in total. The van der Waals surface area contributed by atoms with Crippen LogP contribution in [0.5, 0.6) is 23.0 Å². The molecule has 0 amide bonds. The zero-order valence-electron chi connectivity index (χ0n) is 21.3. The van der Waals surface area contributed by atoms with Crippen molar-refractivity contribution in [2.45, 2.75) is 0 Å². The van der Waals surface area contributed by atoms with Crippen LogP contribution in [0, 0.1) is 0 Å². The van der Waals surface area contributed by atoms with Crippen LogP contribution in [-0.4, -0.2) is 9.13 Å². The van der Waals surface area contributed by atoms with Gasteiger partial charge in [0.25, 0.3) is 0 Å². The minimum Gasteiger partial charge on any atom is -0.451 e. The van der Waals surface area contributed by atoms with Crippen molar-refractivity contribution in [1.82, 2.24) is 9.13 Å². The Labute approximate surface area is 236 Å². The number of hydrogen-bond acceptors (Lipinski definition) is 4. The van der Waals surface area contributed by atoms with E-state index in [2.05, 4.69) is 33.4 Å². The number of ether oxygens (including phenoxy) is 2. The molecule has 5 aromatic carbocycles. The predicted octanol–water partition coefficient (Wildman–Crippen LogP) is 8.40. The van der Waals surface area contributed by atoms with E-state index in [0.717, 1.165) is 43.6 Å². The molecule has 0 radical (unpaired) electrons. The molecule has 0 fully saturated rings. The third kappa shape index (κ3) is 2.74. The Kier molecular flexibility index (Phi) is 4.22. The number of aryl methyl sites for hydroxylation is 2. The first-order chi connectivity index (χ1) is 19.5. The summed E-state index contributed by atoms with van der Waals surface area (Å²) in [5, 5.41) is 5.96. The number of halogens is 2. The fourth-order valence-electron chi connectivity index (χ4n) is 6.16. The lowest BCUT2D eigenvalue weighted by Gasteiger charge is -2.21. The van der Waals surface area contributed by atoms with Crippen molar-refractivity contribution in [2.24, 2.45) is 24.1 Å². The second kappa shape index (κ2) is 7.56. The minimum atomic E-state index is 0.310. The molecule has 0 spiro atoms. The first-order valence-electron chi connectivity index (χ1n) is 12.8. The lowest BCUT2D eigenvalue weighted by Crippen LogP contribution is -2.22. The number of benzene rings is 5. The molecule has 7 aromatic rings. The molecule has 0 aliphatic carbocycles. The third-order valence-electron chi connectivity index (χ3n) is 8.12. The summed E-state index contributed by atoms with van der Waals surface area (Å²) in [5.74, 6) is 1.97. The van der Waals surface area contributed by atoms with Crippen molar-refractivity contribution < 1.29 is 9.47 Å². The van der Waals surface area contributed by atoms with Crippen LogP contribution in [0.25, 0.3) is 43.6 Å². The molecule has 40 heavy (non-hydrogen) atoms. The van der Waals surface area contributed by atoms with E-state index in [1.165, 1.54) is 0 Å². The molecule has 0 saturated heterocycles. The topological polar surface area (TPSA) is 53.0 Å². The van der Waals surface area contributed by atoms with Gasteiger partial charge in [0.05, 0.1) is 11.0 Å². The van der Waals surface area contributed by atoms with Crippen molar-refractivity contribution in [1.29, 1.82) is 0 Å². The van der Waals surface area contributed by atoms with Gasteiger partial charge < -0.3 is 18.6 Å². The highest BCUT2D eigenvalue weighted by atomic mass is 35.5. The zero-order chi connectivity index (χ0) is 26.9. The highest BCUT2D eigenvalue weighted by Crippen LogP contribution is 2.46. The Morgan fingerprint density at radius 1 is 0.550 bits per heavy atom. The second-order valence-corrected chi connectivity index (χ2v) is 11.0. The van der Waals surface area contributed by atoms with E-state index >= 15 is 0 Å². The van der Waals surface area contributed by atoms with Crippen molar-refractivity contribution in [3.05, 3.63) is 93.6 Å². The number of para-hydroxylation sites is 2. The Balaban J connectivity index is 1.29. The van der Waals surface area contributed by atoms with E-state index in [0.29, 0.717) is 55.1 Å². The number of nitrogens with zero attached hydrogens (tertiary/aromatic N) is 4. The van der Waals surface area contributed by atoms with Gasteiger partial charge in [-0.05, 0) is 24.3 Å². The Morgan fingerprint density at radius 3 is 1.43 bits per heavy atom. The van der Waals surface area contributed by atoms with E-state index < -0.39 is 0 Å². The van der Waals surface area contributed by atoms with Gasteiger partial charge in [0.15, 0.2) is 23.0 Å². The number of hydrogen-bond donors (Lipinski definition) is 0. The lowest BCUT2D eigenvalue weighted by molar-refractivity contribution is 0.452. The molecule has 2 aliphatic rings. The average molecular weight is 561 g/mol. The smallest absolute Gasteiger partial charge is 0.175 e. The van der Waals surface area contributed by atoms with Crippen LogP contribution in [0.15, 0.2) is 82.8 Å². The molecule has 9 rings (SSSR count). The highest BCUT2D eigenvalue weighted by Gasteiger charge is 2.28. The third-order valence-corrected chi connectivity index (χ3v) is 8.82. The second-order valence-electron chi connectivity index (χ2n) is 10.2.